The quantitative estimate of drug-likeness (QED) is 0.923. The van der Waals surface area contributed by atoms with Crippen molar-refractivity contribution >= 4 is 17.6 Å². The molecule has 1 fully saturated rings. The molecule has 1 heterocycles. The van der Waals surface area contributed by atoms with E-state index < -0.39 is 11.6 Å². The average molecular weight is 290 g/mol. The van der Waals surface area contributed by atoms with Crippen LogP contribution in [0.3, 0.4) is 0 Å². The summed E-state index contributed by atoms with van der Waals surface area (Å²) in [5.41, 5.74) is 0.0397. The number of nitrogens with zero attached hydrogens (tertiary/aromatic N) is 2. The molecule has 6 heteroatoms. The van der Waals surface area contributed by atoms with Gasteiger partial charge in [-0.1, -0.05) is 0 Å². The Balaban J connectivity index is 1.99. The third-order valence-corrected chi connectivity index (χ3v) is 4.09. The van der Waals surface area contributed by atoms with E-state index in [0.29, 0.717) is 18.4 Å². The van der Waals surface area contributed by atoms with Crippen molar-refractivity contribution in [3.8, 4) is 0 Å². The number of amides is 1. The van der Waals surface area contributed by atoms with E-state index in [2.05, 4.69) is 4.99 Å². The molecule has 1 aliphatic carbocycles. The van der Waals surface area contributed by atoms with Crippen molar-refractivity contribution < 1.29 is 19.1 Å². The SMILES string of the molecule is O=C(O)CN1C(=O)C(c2ccc(F)cc2)=NC12CCCC2. The van der Waals surface area contributed by atoms with Gasteiger partial charge in [0.2, 0.25) is 0 Å². The molecule has 1 spiro atoms. The van der Waals surface area contributed by atoms with Gasteiger partial charge in [-0.2, -0.15) is 0 Å². The van der Waals surface area contributed by atoms with Gasteiger partial charge in [0.05, 0.1) is 0 Å². The van der Waals surface area contributed by atoms with Crippen LogP contribution in [0.5, 0.6) is 0 Å². The first-order valence-electron chi connectivity index (χ1n) is 6.91. The molecular weight excluding hydrogens is 275 g/mol. The average Bonchev–Trinajstić information content (AvgIpc) is 3.01. The van der Waals surface area contributed by atoms with Crippen molar-refractivity contribution in [2.45, 2.75) is 31.3 Å². The first-order valence-corrected chi connectivity index (χ1v) is 6.91. The van der Waals surface area contributed by atoms with Gasteiger partial charge in [0.25, 0.3) is 5.91 Å². The largest absolute Gasteiger partial charge is 0.480 e. The van der Waals surface area contributed by atoms with Crippen molar-refractivity contribution in [2.24, 2.45) is 4.99 Å². The number of hydrogen-bond donors (Lipinski definition) is 1. The van der Waals surface area contributed by atoms with E-state index in [9.17, 15) is 14.0 Å². The maximum atomic E-state index is 13.0. The van der Waals surface area contributed by atoms with Crippen molar-refractivity contribution in [3.63, 3.8) is 0 Å². The lowest BCUT2D eigenvalue weighted by atomic mass is 10.1. The van der Waals surface area contributed by atoms with Crippen LogP contribution in [-0.2, 0) is 9.59 Å². The Bertz CT molecular complexity index is 618. The van der Waals surface area contributed by atoms with Crippen LogP contribution >= 0.6 is 0 Å². The second-order valence-corrected chi connectivity index (χ2v) is 5.44. The Labute approximate surface area is 121 Å². The topological polar surface area (TPSA) is 70.0 Å². The number of carbonyl (C=O) groups excluding carboxylic acids is 1. The van der Waals surface area contributed by atoms with E-state index in [1.807, 2.05) is 0 Å². The van der Waals surface area contributed by atoms with Crippen LogP contribution in [0.25, 0.3) is 0 Å². The lowest BCUT2D eigenvalue weighted by Gasteiger charge is -2.31. The summed E-state index contributed by atoms with van der Waals surface area (Å²) in [5.74, 6) is -1.82. The van der Waals surface area contributed by atoms with Crippen LogP contribution in [0.4, 0.5) is 4.39 Å². The molecule has 21 heavy (non-hydrogen) atoms. The van der Waals surface area contributed by atoms with E-state index in [4.69, 9.17) is 5.11 Å². The minimum absolute atomic E-state index is 0.234. The van der Waals surface area contributed by atoms with Gasteiger partial charge in [-0.3, -0.25) is 14.6 Å². The van der Waals surface area contributed by atoms with E-state index >= 15 is 0 Å². The van der Waals surface area contributed by atoms with Gasteiger partial charge >= 0.3 is 5.97 Å². The molecule has 0 unspecified atom stereocenters. The Kier molecular flexibility index (Phi) is 3.23. The summed E-state index contributed by atoms with van der Waals surface area (Å²) < 4.78 is 13.0. The highest BCUT2D eigenvalue weighted by molar-refractivity contribution is 6.47. The maximum absolute atomic E-state index is 13.0. The molecule has 2 aliphatic rings. The minimum atomic E-state index is -1.05. The molecule has 0 radical (unpaired) electrons. The Morgan fingerprint density at radius 1 is 1.29 bits per heavy atom. The summed E-state index contributed by atoms with van der Waals surface area (Å²) in [6.45, 7) is -0.354. The summed E-state index contributed by atoms with van der Waals surface area (Å²) in [4.78, 5) is 29.4. The monoisotopic (exact) mass is 290 g/mol. The number of aliphatic carboxylic acids is 1. The van der Waals surface area contributed by atoms with E-state index in [1.54, 1.807) is 0 Å². The second kappa shape index (κ2) is 4.95. The van der Waals surface area contributed by atoms with Crippen LogP contribution in [0.1, 0.15) is 31.2 Å². The highest BCUT2D eigenvalue weighted by Crippen LogP contribution is 2.40. The zero-order chi connectivity index (χ0) is 15.0. The van der Waals surface area contributed by atoms with Gasteiger partial charge in [0, 0.05) is 5.56 Å². The summed E-state index contributed by atoms with van der Waals surface area (Å²) >= 11 is 0. The first kappa shape index (κ1) is 13.7. The molecule has 110 valence electrons. The highest BCUT2D eigenvalue weighted by Gasteiger charge is 2.49. The highest BCUT2D eigenvalue weighted by atomic mass is 19.1. The van der Waals surface area contributed by atoms with Crippen LogP contribution in [0, 0.1) is 5.82 Å². The van der Waals surface area contributed by atoms with Crippen LogP contribution < -0.4 is 0 Å². The number of aliphatic imine (C=N–C) groups is 1. The minimum Gasteiger partial charge on any atom is -0.480 e. The van der Waals surface area contributed by atoms with Gasteiger partial charge < -0.3 is 10.0 Å². The molecule has 1 N–H and O–H groups in total. The summed E-state index contributed by atoms with van der Waals surface area (Å²) in [5, 5.41) is 9.03. The van der Waals surface area contributed by atoms with Gasteiger partial charge in [0.15, 0.2) is 0 Å². The van der Waals surface area contributed by atoms with Gasteiger partial charge in [0.1, 0.15) is 23.7 Å². The molecule has 0 aromatic heterocycles. The molecule has 1 amide bonds. The van der Waals surface area contributed by atoms with E-state index in [-0.39, 0.29) is 24.0 Å². The van der Waals surface area contributed by atoms with Crippen molar-refractivity contribution in [2.75, 3.05) is 6.54 Å². The number of carboxylic acids is 1. The third-order valence-electron chi connectivity index (χ3n) is 4.09. The Hall–Kier alpha value is -2.24. The van der Waals surface area contributed by atoms with Crippen LogP contribution in [0.2, 0.25) is 0 Å². The Morgan fingerprint density at radius 3 is 2.48 bits per heavy atom. The zero-order valence-corrected chi connectivity index (χ0v) is 11.4. The first-order chi connectivity index (χ1) is 10.0. The number of carbonyl (C=O) groups is 2. The van der Waals surface area contributed by atoms with Crippen molar-refractivity contribution in [1.29, 1.82) is 0 Å². The summed E-state index contributed by atoms with van der Waals surface area (Å²) in [6.07, 6.45) is 3.20. The predicted molar refractivity (Wildman–Crippen MR) is 73.5 cm³/mol. The lowest BCUT2D eigenvalue weighted by molar-refractivity contribution is -0.144. The molecule has 1 aromatic carbocycles. The second-order valence-electron chi connectivity index (χ2n) is 5.44. The number of benzene rings is 1. The molecule has 5 nitrogen and oxygen atoms in total. The van der Waals surface area contributed by atoms with Crippen molar-refractivity contribution in [1.82, 2.24) is 4.90 Å². The van der Waals surface area contributed by atoms with E-state index in [1.165, 1.54) is 29.2 Å². The smallest absolute Gasteiger partial charge is 0.323 e. The molecular formula is C15H15FN2O3. The summed E-state index contributed by atoms with van der Waals surface area (Å²) in [7, 11) is 0. The van der Waals surface area contributed by atoms with Gasteiger partial charge in [-0.25, -0.2) is 4.39 Å². The predicted octanol–water partition coefficient (Wildman–Crippen LogP) is 1.81. The Morgan fingerprint density at radius 2 is 1.90 bits per heavy atom. The molecule has 1 saturated carbocycles. The third kappa shape index (κ3) is 2.30. The fraction of sp³-hybridized carbons (Fsp3) is 0.400. The normalized spacial score (nSPS) is 20.1. The number of halogens is 1. The summed E-state index contributed by atoms with van der Waals surface area (Å²) in [6, 6.07) is 5.54. The van der Waals surface area contributed by atoms with E-state index in [0.717, 1.165) is 12.8 Å². The maximum Gasteiger partial charge on any atom is 0.323 e. The van der Waals surface area contributed by atoms with Crippen LogP contribution in [-0.4, -0.2) is 39.8 Å². The zero-order valence-electron chi connectivity index (χ0n) is 11.4. The molecule has 3 rings (SSSR count). The van der Waals surface area contributed by atoms with Crippen LogP contribution in [0.15, 0.2) is 29.3 Å². The molecule has 0 atom stereocenters. The fourth-order valence-electron chi connectivity index (χ4n) is 3.11. The lowest BCUT2D eigenvalue weighted by Crippen LogP contribution is -2.47. The fourth-order valence-corrected chi connectivity index (χ4v) is 3.11. The van der Waals surface area contributed by atoms with Crippen molar-refractivity contribution in [3.05, 3.63) is 35.6 Å². The standard InChI is InChI=1S/C15H15FN2O3/c16-11-5-3-10(4-6-11)13-14(21)18(9-12(19)20)15(17-13)7-1-2-8-15/h3-6H,1-2,7-9H2,(H,19,20). The number of hydrogen-bond acceptors (Lipinski definition) is 3. The molecule has 0 bridgehead atoms. The molecule has 1 aromatic rings. The molecule has 0 saturated heterocycles. The van der Waals surface area contributed by atoms with Gasteiger partial charge in [-0.15, -0.1) is 0 Å². The van der Waals surface area contributed by atoms with Gasteiger partial charge in [-0.05, 0) is 49.9 Å². The number of carboxylic acid groups (broad SMARTS) is 1. The number of rotatable bonds is 3. The molecule has 1 aliphatic heterocycles.